The molecule has 2 amide bonds. The van der Waals surface area contributed by atoms with Crippen molar-refractivity contribution < 1.29 is 9.59 Å². The van der Waals surface area contributed by atoms with Gasteiger partial charge in [-0.25, -0.2) is 0 Å². The summed E-state index contributed by atoms with van der Waals surface area (Å²) in [6, 6.07) is 24.8. The van der Waals surface area contributed by atoms with E-state index in [1.807, 2.05) is 83.8 Å². The topological polar surface area (TPSA) is 96.2 Å². The zero-order valence-corrected chi connectivity index (χ0v) is 22.2. The number of piperazine rings is 1. The monoisotopic (exact) mass is 577 g/mol. The molecule has 37 heavy (non-hydrogen) atoms. The van der Waals surface area contributed by atoms with Crippen LogP contribution >= 0.6 is 27.7 Å². The lowest BCUT2D eigenvalue weighted by Gasteiger charge is -2.36. The molecular weight excluding hydrogens is 554 g/mol. The third kappa shape index (κ3) is 6.17. The maximum atomic E-state index is 12.8. The first-order chi connectivity index (χ1) is 18.1. The summed E-state index contributed by atoms with van der Waals surface area (Å²) in [6.07, 6.45) is 0. The van der Waals surface area contributed by atoms with Crippen LogP contribution in [0.1, 0.15) is 10.4 Å². The predicted molar refractivity (Wildman–Crippen MR) is 147 cm³/mol. The minimum absolute atomic E-state index is 0.0506. The van der Waals surface area contributed by atoms with Gasteiger partial charge in [0.15, 0.2) is 0 Å². The average molecular weight is 578 g/mol. The van der Waals surface area contributed by atoms with Gasteiger partial charge in [0.25, 0.3) is 5.91 Å². The van der Waals surface area contributed by atoms with Gasteiger partial charge in [0.05, 0.1) is 11.4 Å². The molecular formula is C26H24BrN7O2S. The van der Waals surface area contributed by atoms with Crippen molar-refractivity contribution in [1.29, 1.82) is 0 Å². The van der Waals surface area contributed by atoms with Gasteiger partial charge in [0.1, 0.15) is 0 Å². The van der Waals surface area contributed by atoms with Crippen molar-refractivity contribution in [3.8, 4) is 5.69 Å². The number of aromatic nitrogens is 4. The van der Waals surface area contributed by atoms with E-state index in [-0.39, 0.29) is 17.6 Å². The van der Waals surface area contributed by atoms with Crippen LogP contribution in [0.5, 0.6) is 0 Å². The smallest absolute Gasteiger partial charge is 0.254 e. The Hall–Kier alpha value is -3.70. The molecule has 1 saturated heterocycles. The number of hydrogen-bond acceptors (Lipinski definition) is 7. The van der Waals surface area contributed by atoms with Gasteiger partial charge in [-0.2, -0.15) is 4.68 Å². The Morgan fingerprint density at radius 1 is 0.892 bits per heavy atom. The SMILES string of the molecule is O=C(CSc1nnnn1-c1ccccc1)Nc1ccc(N2CCN(C(=O)c3cccc(Br)c3)CC2)cc1. The first kappa shape index (κ1) is 25.0. The van der Waals surface area contributed by atoms with Crippen LogP contribution in [-0.4, -0.2) is 68.9 Å². The summed E-state index contributed by atoms with van der Waals surface area (Å²) in [5.41, 5.74) is 3.31. The van der Waals surface area contributed by atoms with Crippen molar-refractivity contribution in [1.82, 2.24) is 25.1 Å². The van der Waals surface area contributed by atoms with Crippen molar-refractivity contribution in [2.75, 3.05) is 42.1 Å². The number of benzene rings is 3. The van der Waals surface area contributed by atoms with E-state index in [0.29, 0.717) is 23.8 Å². The molecule has 11 heteroatoms. The van der Waals surface area contributed by atoms with Gasteiger partial charge >= 0.3 is 0 Å². The molecule has 9 nitrogen and oxygen atoms in total. The summed E-state index contributed by atoms with van der Waals surface area (Å²) < 4.78 is 2.51. The van der Waals surface area contributed by atoms with Crippen LogP contribution in [0, 0.1) is 0 Å². The van der Waals surface area contributed by atoms with Crippen molar-refractivity contribution in [3.63, 3.8) is 0 Å². The molecule has 1 aliphatic heterocycles. The van der Waals surface area contributed by atoms with Crippen LogP contribution in [0.15, 0.2) is 88.5 Å². The van der Waals surface area contributed by atoms with E-state index in [4.69, 9.17) is 0 Å². The predicted octanol–water partition coefficient (Wildman–Crippen LogP) is 4.12. The lowest BCUT2D eigenvalue weighted by atomic mass is 10.1. The zero-order chi connectivity index (χ0) is 25.6. The van der Waals surface area contributed by atoms with Crippen molar-refractivity contribution in [2.24, 2.45) is 0 Å². The number of anilines is 2. The van der Waals surface area contributed by atoms with E-state index < -0.39 is 0 Å². The maximum absolute atomic E-state index is 12.8. The first-order valence-electron chi connectivity index (χ1n) is 11.7. The van der Waals surface area contributed by atoms with Gasteiger partial charge in [-0.05, 0) is 65.0 Å². The van der Waals surface area contributed by atoms with E-state index in [2.05, 4.69) is 41.7 Å². The van der Waals surface area contributed by atoms with E-state index >= 15 is 0 Å². The molecule has 0 atom stereocenters. The second kappa shape index (κ2) is 11.6. The summed E-state index contributed by atoms with van der Waals surface area (Å²) in [7, 11) is 0. The number of amides is 2. The number of halogens is 1. The van der Waals surface area contributed by atoms with E-state index in [0.717, 1.165) is 34.6 Å². The maximum Gasteiger partial charge on any atom is 0.254 e. The van der Waals surface area contributed by atoms with Crippen LogP contribution < -0.4 is 10.2 Å². The van der Waals surface area contributed by atoms with Crippen molar-refractivity contribution in [3.05, 3.63) is 88.9 Å². The largest absolute Gasteiger partial charge is 0.368 e. The van der Waals surface area contributed by atoms with Gasteiger partial charge in [0, 0.05) is 47.6 Å². The van der Waals surface area contributed by atoms with E-state index in [1.165, 1.54) is 11.8 Å². The number of hydrogen-bond donors (Lipinski definition) is 1. The van der Waals surface area contributed by atoms with Crippen LogP contribution in [0.4, 0.5) is 11.4 Å². The molecule has 4 aromatic rings. The first-order valence-corrected chi connectivity index (χ1v) is 13.5. The molecule has 0 unspecified atom stereocenters. The van der Waals surface area contributed by atoms with E-state index in [9.17, 15) is 9.59 Å². The van der Waals surface area contributed by atoms with Gasteiger partial charge < -0.3 is 15.1 Å². The Labute approximate surface area is 227 Å². The Morgan fingerprint density at radius 2 is 1.65 bits per heavy atom. The molecule has 1 aliphatic rings. The van der Waals surface area contributed by atoms with Gasteiger partial charge in [-0.1, -0.05) is 52.0 Å². The van der Waals surface area contributed by atoms with E-state index in [1.54, 1.807) is 4.68 Å². The number of nitrogens with one attached hydrogen (secondary N) is 1. The third-order valence-corrected chi connectivity index (χ3v) is 7.34. The zero-order valence-electron chi connectivity index (χ0n) is 19.8. The highest BCUT2D eigenvalue weighted by Gasteiger charge is 2.22. The molecule has 0 saturated carbocycles. The summed E-state index contributed by atoms with van der Waals surface area (Å²) in [5, 5.41) is 15.2. The highest BCUT2D eigenvalue weighted by atomic mass is 79.9. The molecule has 0 aliphatic carbocycles. The molecule has 5 rings (SSSR count). The quantitative estimate of drug-likeness (QED) is 0.330. The minimum Gasteiger partial charge on any atom is -0.368 e. The third-order valence-electron chi connectivity index (χ3n) is 5.93. The number of carbonyl (C=O) groups excluding carboxylic acids is 2. The molecule has 2 heterocycles. The van der Waals surface area contributed by atoms with Gasteiger partial charge in [-0.3, -0.25) is 9.59 Å². The molecule has 0 bridgehead atoms. The Kier molecular flexibility index (Phi) is 7.81. The Morgan fingerprint density at radius 3 is 2.38 bits per heavy atom. The Balaban J connectivity index is 1.11. The fourth-order valence-electron chi connectivity index (χ4n) is 4.05. The second-order valence-electron chi connectivity index (χ2n) is 8.38. The number of tetrazole rings is 1. The number of nitrogens with zero attached hydrogens (tertiary/aromatic N) is 6. The fraction of sp³-hybridized carbons (Fsp3) is 0.192. The number of carbonyl (C=O) groups is 2. The molecule has 0 radical (unpaired) electrons. The van der Waals surface area contributed by atoms with Crippen molar-refractivity contribution in [2.45, 2.75) is 5.16 Å². The molecule has 188 valence electrons. The highest BCUT2D eigenvalue weighted by molar-refractivity contribution is 9.10. The normalized spacial score (nSPS) is 13.4. The van der Waals surface area contributed by atoms with Gasteiger partial charge in [-0.15, -0.1) is 5.10 Å². The number of thioether (sulfide) groups is 1. The van der Waals surface area contributed by atoms with Crippen LogP contribution in [0.25, 0.3) is 5.69 Å². The number of para-hydroxylation sites is 1. The lowest BCUT2D eigenvalue weighted by Crippen LogP contribution is -2.48. The molecule has 1 aromatic heterocycles. The molecule has 1 fully saturated rings. The molecule has 3 aromatic carbocycles. The minimum atomic E-state index is -0.139. The molecule has 0 spiro atoms. The van der Waals surface area contributed by atoms with Gasteiger partial charge in [0.2, 0.25) is 11.1 Å². The second-order valence-corrected chi connectivity index (χ2v) is 10.2. The Bertz CT molecular complexity index is 1370. The molecule has 1 N–H and O–H groups in total. The van der Waals surface area contributed by atoms with Crippen molar-refractivity contribution >= 4 is 50.9 Å². The van der Waals surface area contributed by atoms with Crippen LogP contribution in [0.3, 0.4) is 0 Å². The summed E-state index contributed by atoms with van der Waals surface area (Å²) in [5.74, 6) is 0.0952. The van der Waals surface area contributed by atoms with Crippen LogP contribution in [0.2, 0.25) is 0 Å². The lowest BCUT2D eigenvalue weighted by molar-refractivity contribution is -0.113. The fourth-order valence-corrected chi connectivity index (χ4v) is 5.14. The highest BCUT2D eigenvalue weighted by Crippen LogP contribution is 2.22. The summed E-state index contributed by atoms with van der Waals surface area (Å²) in [4.78, 5) is 29.4. The number of rotatable bonds is 7. The summed E-state index contributed by atoms with van der Waals surface area (Å²) in [6.45, 7) is 2.81. The summed E-state index contributed by atoms with van der Waals surface area (Å²) >= 11 is 4.70. The van der Waals surface area contributed by atoms with Crippen LogP contribution in [-0.2, 0) is 4.79 Å². The standard InChI is InChI=1S/C26H24BrN7O2S/c27-20-6-4-5-19(17-20)25(36)33-15-13-32(14-16-33)22-11-9-21(10-12-22)28-24(35)18-37-26-29-30-31-34(26)23-7-2-1-3-8-23/h1-12,17H,13-16,18H2,(H,28,35). The average Bonchev–Trinajstić information content (AvgIpc) is 3.41.